The molecule has 1 aromatic carbocycles. The van der Waals surface area contributed by atoms with Gasteiger partial charge in [-0.05, 0) is 39.0 Å². The summed E-state index contributed by atoms with van der Waals surface area (Å²) in [7, 11) is -0.783. The predicted octanol–water partition coefficient (Wildman–Crippen LogP) is 0.581. The van der Waals surface area contributed by atoms with E-state index in [4.69, 9.17) is 0 Å². The summed E-state index contributed by atoms with van der Waals surface area (Å²) in [5.74, 6) is -0.826. The Balaban J connectivity index is 2.81. The van der Waals surface area contributed by atoms with Crippen molar-refractivity contribution in [3.63, 3.8) is 0 Å². The smallest absolute Gasteiger partial charge is 0.251 e. The highest BCUT2D eigenvalue weighted by Gasteiger charge is 2.19. The number of hydrogen-bond acceptors (Lipinski definition) is 4. The van der Waals surface area contributed by atoms with Crippen LogP contribution in [0.2, 0.25) is 0 Å². The summed E-state index contributed by atoms with van der Waals surface area (Å²) < 4.78 is 25.2. The number of nitrogens with zero attached hydrogens (tertiary/aromatic N) is 1. The zero-order valence-electron chi connectivity index (χ0n) is 14.0. The second-order valence-corrected chi connectivity index (χ2v) is 8.45. The molecule has 128 valence electrons. The molecule has 0 aliphatic rings. The lowest BCUT2D eigenvalue weighted by molar-refractivity contribution is -0.121. The highest BCUT2D eigenvalue weighted by molar-refractivity contribution is 7.89. The molecule has 0 heterocycles. The van der Waals surface area contributed by atoms with Gasteiger partial charge in [-0.2, -0.15) is 0 Å². The normalized spacial score (nSPS) is 12.1. The van der Waals surface area contributed by atoms with Crippen molar-refractivity contribution in [2.75, 3.05) is 20.6 Å². The van der Waals surface area contributed by atoms with Crippen molar-refractivity contribution in [2.45, 2.75) is 31.2 Å². The number of carbonyl (C=O) groups is 2. The summed E-state index contributed by atoms with van der Waals surface area (Å²) in [5.41, 5.74) is -0.210. The van der Waals surface area contributed by atoms with Crippen molar-refractivity contribution in [3.8, 4) is 0 Å². The summed E-state index contributed by atoms with van der Waals surface area (Å²) >= 11 is 0. The van der Waals surface area contributed by atoms with E-state index in [0.717, 1.165) is 4.31 Å². The molecule has 23 heavy (non-hydrogen) atoms. The molecule has 0 atom stereocenters. The fraction of sp³-hybridized carbons (Fsp3) is 0.467. The topological polar surface area (TPSA) is 95.6 Å². The van der Waals surface area contributed by atoms with Crippen LogP contribution in [-0.4, -0.2) is 50.7 Å². The third-order valence-corrected chi connectivity index (χ3v) is 4.61. The minimum absolute atomic E-state index is 0.0225. The number of benzene rings is 1. The van der Waals surface area contributed by atoms with Crippen LogP contribution >= 0.6 is 0 Å². The van der Waals surface area contributed by atoms with Gasteiger partial charge in [-0.15, -0.1) is 0 Å². The van der Waals surface area contributed by atoms with Gasteiger partial charge in [0.2, 0.25) is 15.9 Å². The molecule has 0 bridgehead atoms. The number of amides is 2. The third-order valence-electron chi connectivity index (χ3n) is 2.80. The van der Waals surface area contributed by atoms with Crippen LogP contribution in [0, 0.1) is 0 Å². The van der Waals surface area contributed by atoms with Crippen LogP contribution in [0.5, 0.6) is 0 Å². The van der Waals surface area contributed by atoms with Crippen molar-refractivity contribution in [3.05, 3.63) is 29.8 Å². The van der Waals surface area contributed by atoms with Crippen LogP contribution in [0.4, 0.5) is 0 Å². The Hall–Kier alpha value is -1.93. The molecule has 1 aromatic rings. The highest BCUT2D eigenvalue weighted by Crippen LogP contribution is 2.14. The zero-order valence-corrected chi connectivity index (χ0v) is 14.8. The predicted molar refractivity (Wildman–Crippen MR) is 87.5 cm³/mol. The van der Waals surface area contributed by atoms with Crippen molar-refractivity contribution < 1.29 is 18.0 Å². The van der Waals surface area contributed by atoms with E-state index in [1.54, 1.807) is 0 Å². The first-order valence-corrected chi connectivity index (χ1v) is 8.49. The zero-order chi connectivity index (χ0) is 17.8. The largest absolute Gasteiger partial charge is 0.350 e. The van der Waals surface area contributed by atoms with Crippen LogP contribution < -0.4 is 10.6 Å². The summed E-state index contributed by atoms with van der Waals surface area (Å²) in [5, 5.41) is 5.19. The molecule has 0 spiro atoms. The summed E-state index contributed by atoms with van der Waals surface area (Å²) in [6, 6.07) is 5.68. The van der Waals surface area contributed by atoms with Crippen LogP contribution in [0.1, 0.15) is 31.1 Å². The van der Waals surface area contributed by atoms with Gasteiger partial charge in [0.1, 0.15) is 0 Å². The SMILES string of the molecule is CN(C)S(=O)(=O)c1cccc(C(=O)NCC(=O)NC(C)(C)C)c1. The molecule has 0 unspecified atom stereocenters. The molecule has 0 aliphatic carbocycles. The fourth-order valence-electron chi connectivity index (χ4n) is 1.73. The first-order valence-electron chi connectivity index (χ1n) is 7.05. The Morgan fingerprint density at radius 2 is 1.78 bits per heavy atom. The Bertz CT molecular complexity index is 691. The van der Waals surface area contributed by atoms with Crippen molar-refractivity contribution in [2.24, 2.45) is 0 Å². The van der Waals surface area contributed by atoms with E-state index in [1.165, 1.54) is 38.4 Å². The minimum Gasteiger partial charge on any atom is -0.350 e. The maximum atomic E-state index is 12.1. The lowest BCUT2D eigenvalue weighted by Crippen LogP contribution is -2.45. The van der Waals surface area contributed by atoms with Crippen molar-refractivity contribution in [1.29, 1.82) is 0 Å². The molecule has 0 radical (unpaired) electrons. The number of hydrogen-bond donors (Lipinski definition) is 2. The van der Waals surface area contributed by atoms with Gasteiger partial charge in [-0.3, -0.25) is 9.59 Å². The first-order chi connectivity index (χ1) is 10.4. The standard InChI is InChI=1S/C15H23N3O4S/c1-15(2,3)17-13(19)10-16-14(20)11-7-6-8-12(9-11)23(21,22)18(4)5/h6-9H,10H2,1-5H3,(H,16,20)(H,17,19). The van der Waals surface area contributed by atoms with Gasteiger partial charge >= 0.3 is 0 Å². The third kappa shape index (κ3) is 5.65. The number of sulfonamides is 1. The molecule has 2 N–H and O–H groups in total. The van der Waals surface area contributed by atoms with E-state index >= 15 is 0 Å². The molecule has 8 heteroatoms. The maximum absolute atomic E-state index is 12.1. The van der Waals surface area contributed by atoms with E-state index in [1.807, 2.05) is 20.8 Å². The number of nitrogens with one attached hydrogen (secondary N) is 2. The quantitative estimate of drug-likeness (QED) is 0.819. The molecule has 7 nitrogen and oxygen atoms in total. The molecule has 0 saturated carbocycles. The van der Waals surface area contributed by atoms with E-state index < -0.39 is 15.9 Å². The van der Waals surface area contributed by atoms with Gasteiger partial charge < -0.3 is 10.6 Å². The van der Waals surface area contributed by atoms with Crippen LogP contribution in [0.15, 0.2) is 29.2 Å². The molecule has 0 aromatic heterocycles. The van der Waals surface area contributed by atoms with E-state index in [9.17, 15) is 18.0 Å². The lowest BCUT2D eigenvalue weighted by atomic mass is 10.1. The van der Waals surface area contributed by atoms with E-state index in [-0.39, 0.29) is 28.4 Å². The van der Waals surface area contributed by atoms with Gasteiger partial charge in [0.05, 0.1) is 11.4 Å². The maximum Gasteiger partial charge on any atom is 0.251 e. The average molecular weight is 341 g/mol. The van der Waals surface area contributed by atoms with Gasteiger partial charge in [0.25, 0.3) is 5.91 Å². The van der Waals surface area contributed by atoms with E-state index in [2.05, 4.69) is 10.6 Å². The van der Waals surface area contributed by atoms with E-state index in [0.29, 0.717) is 0 Å². The monoisotopic (exact) mass is 341 g/mol. The van der Waals surface area contributed by atoms with Gasteiger partial charge in [-0.25, -0.2) is 12.7 Å². The second kappa shape index (κ2) is 7.10. The Morgan fingerprint density at radius 3 is 2.30 bits per heavy atom. The number of carbonyl (C=O) groups excluding carboxylic acids is 2. The number of rotatable bonds is 5. The Kier molecular flexibility index (Phi) is 5.90. The summed E-state index contributed by atoms with van der Waals surface area (Å²) in [4.78, 5) is 23.8. The molecule has 0 aliphatic heterocycles. The summed E-state index contributed by atoms with van der Waals surface area (Å²) in [6.45, 7) is 5.33. The van der Waals surface area contributed by atoms with Crippen LogP contribution in [0.3, 0.4) is 0 Å². The van der Waals surface area contributed by atoms with Gasteiger partial charge in [0.15, 0.2) is 0 Å². The molecular weight excluding hydrogens is 318 g/mol. The Labute approximate surface area is 137 Å². The lowest BCUT2D eigenvalue weighted by Gasteiger charge is -2.20. The van der Waals surface area contributed by atoms with Crippen LogP contribution in [0.25, 0.3) is 0 Å². The highest BCUT2D eigenvalue weighted by atomic mass is 32.2. The minimum atomic E-state index is -3.61. The van der Waals surface area contributed by atoms with Crippen molar-refractivity contribution in [1.82, 2.24) is 14.9 Å². The molecule has 0 fully saturated rings. The Morgan fingerprint density at radius 1 is 1.17 bits per heavy atom. The van der Waals surface area contributed by atoms with Crippen LogP contribution in [-0.2, 0) is 14.8 Å². The molecular formula is C15H23N3O4S. The first kappa shape index (κ1) is 19.1. The molecule has 2 amide bonds. The average Bonchev–Trinajstić information content (AvgIpc) is 2.43. The van der Waals surface area contributed by atoms with Crippen molar-refractivity contribution >= 4 is 21.8 Å². The fourth-order valence-corrected chi connectivity index (χ4v) is 2.68. The summed E-state index contributed by atoms with van der Waals surface area (Å²) in [6.07, 6.45) is 0. The second-order valence-electron chi connectivity index (χ2n) is 6.30. The van der Waals surface area contributed by atoms with Gasteiger partial charge in [-0.1, -0.05) is 6.07 Å². The van der Waals surface area contributed by atoms with Gasteiger partial charge in [0, 0.05) is 25.2 Å². The molecule has 0 saturated heterocycles. The molecule has 1 rings (SSSR count).